The van der Waals surface area contributed by atoms with Gasteiger partial charge in [-0.05, 0) is 75.2 Å². The molecule has 0 radical (unpaired) electrons. The summed E-state index contributed by atoms with van der Waals surface area (Å²) in [6.07, 6.45) is 0.886. The molecule has 0 saturated carbocycles. The average molecular weight is 428 g/mol. The number of alkyl halides is 1. The Morgan fingerprint density at radius 1 is 1.38 bits per heavy atom. The summed E-state index contributed by atoms with van der Waals surface area (Å²) >= 11 is 14.0. The molecule has 84 valence electrons. The molecule has 1 unspecified atom stereocenters. The second-order valence-corrected chi connectivity index (χ2v) is 6.85. The summed E-state index contributed by atoms with van der Waals surface area (Å²) in [5.41, 5.74) is 2.50. The van der Waals surface area contributed by atoms with Crippen molar-refractivity contribution in [2.45, 2.75) is 11.8 Å². The molecule has 0 saturated heterocycles. The first-order valence-corrected chi connectivity index (χ1v) is 8.02. The lowest BCUT2D eigenvalue weighted by Gasteiger charge is -2.11. The summed E-state index contributed by atoms with van der Waals surface area (Å²) in [6, 6.07) is 8.36. The van der Waals surface area contributed by atoms with E-state index in [1.165, 1.54) is 14.7 Å². The van der Waals surface area contributed by atoms with Crippen LogP contribution in [0.3, 0.4) is 0 Å². The minimum absolute atomic E-state index is 0.0407. The molecule has 4 heteroatoms. The Morgan fingerprint density at radius 2 is 2.19 bits per heavy atom. The van der Waals surface area contributed by atoms with E-state index in [0.29, 0.717) is 0 Å². The van der Waals surface area contributed by atoms with Crippen molar-refractivity contribution in [3.63, 3.8) is 0 Å². The van der Waals surface area contributed by atoms with Crippen LogP contribution in [-0.4, -0.2) is 0 Å². The highest BCUT2D eigenvalue weighted by atomic mass is 127. The van der Waals surface area contributed by atoms with Crippen molar-refractivity contribution < 1.29 is 0 Å². The highest BCUT2D eigenvalue weighted by Crippen LogP contribution is 2.31. The molecule has 0 spiro atoms. The Labute approximate surface area is 126 Å². The molecule has 1 aromatic carbocycles. The van der Waals surface area contributed by atoms with E-state index < -0.39 is 0 Å². The Balaban J connectivity index is 2.20. The lowest BCUT2D eigenvalue weighted by atomic mass is 10.1. The van der Waals surface area contributed by atoms with Crippen LogP contribution in [0, 0.1) is 3.57 Å². The molecule has 2 rings (SSSR count). The number of benzene rings is 1. The van der Waals surface area contributed by atoms with Crippen LogP contribution in [-0.2, 0) is 6.42 Å². The minimum atomic E-state index is 0.0407. The standard InChI is InChI=1S/C12H9BrClIS/c13-9-1-2-12(15)10(6-9)11(14)5-8-3-4-16-7-8/h1-4,6-7,11H,5H2. The van der Waals surface area contributed by atoms with E-state index in [-0.39, 0.29) is 5.38 Å². The van der Waals surface area contributed by atoms with E-state index in [1.54, 1.807) is 11.3 Å². The zero-order valence-corrected chi connectivity index (χ0v) is 13.6. The van der Waals surface area contributed by atoms with Crippen LogP contribution in [0.4, 0.5) is 0 Å². The summed E-state index contributed by atoms with van der Waals surface area (Å²) < 4.78 is 2.30. The average Bonchev–Trinajstić information content (AvgIpc) is 2.74. The molecule has 0 bridgehead atoms. The monoisotopic (exact) mass is 426 g/mol. The van der Waals surface area contributed by atoms with Crippen LogP contribution < -0.4 is 0 Å². The van der Waals surface area contributed by atoms with Crippen molar-refractivity contribution in [3.05, 3.63) is 54.2 Å². The summed E-state index contributed by atoms with van der Waals surface area (Å²) in [7, 11) is 0. The second kappa shape index (κ2) is 5.85. The van der Waals surface area contributed by atoms with Gasteiger partial charge in [-0.15, -0.1) is 11.6 Å². The van der Waals surface area contributed by atoms with E-state index in [9.17, 15) is 0 Å². The van der Waals surface area contributed by atoms with Gasteiger partial charge < -0.3 is 0 Å². The molecule has 0 N–H and O–H groups in total. The molecule has 16 heavy (non-hydrogen) atoms. The van der Waals surface area contributed by atoms with Gasteiger partial charge in [0.25, 0.3) is 0 Å². The van der Waals surface area contributed by atoms with Gasteiger partial charge in [0.2, 0.25) is 0 Å². The fourth-order valence-corrected chi connectivity index (χ4v) is 3.79. The van der Waals surface area contributed by atoms with Crippen molar-refractivity contribution in [1.82, 2.24) is 0 Å². The van der Waals surface area contributed by atoms with Crippen molar-refractivity contribution >= 4 is 61.5 Å². The molecule has 0 aliphatic rings. The first-order chi connectivity index (χ1) is 7.66. The molecule has 0 aliphatic carbocycles. The highest BCUT2D eigenvalue weighted by Gasteiger charge is 2.12. The maximum Gasteiger partial charge on any atom is 0.0636 e. The molecule has 0 amide bonds. The second-order valence-electron chi connectivity index (χ2n) is 3.47. The summed E-state index contributed by atoms with van der Waals surface area (Å²) in [5.74, 6) is 0. The van der Waals surface area contributed by atoms with Crippen molar-refractivity contribution in [1.29, 1.82) is 0 Å². The van der Waals surface area contributed by atoms with Gasteiger partial charge in [0.05, 0.1) is 5.38 Å². The zero-order valence-electron chi connectivity index (χ0n) is 8.29. The van der Waals surface area contributed by atoms with Gasteiger partial charge >= 0.3 is 0 Å². The van der Waals surface area contributed by atoms with Gasteiger partial charge in [0.1, 0.15) is 0 Å². The first-order valence-electron chi connectivity index (χ1n) is 4.77. The molecule has 0 aliphatic heterocycles. The third kappa shape index (κ3) is 3.22. The number of thiophene rings is 1. The Morgan fingerprint density at radius 3 is 2.88 bits per heavy atom. The third-order valence-corrected chi connectivity index (χ3v) is 4.89. The van der Waals surface area contributed by atoms with Crippen LogP contribution >= 0.6 is 61.5 Å². The molecular weight excluding hydrogens is 418 g/mol. The van der Waals surface area contributed by atoms with Crippen LogP contribution in [0.25, 0.3) is 0 Å². The lowest BCUT2D eigenvalue weighted by Crippen LogP contribution is -1.97. The molecule has 2 aromatic rings. The number of hydrogen-bond acceptors (Lipinski definition) is 1. The van der Waals surface area contributed by atoms with Crippen molar-refractivity contribution in [2.75, 3.05) is 0 Å². The van der Waals surface area contributed by atoms with Gasteiger partial charge in [-0.25, -0.2) is 0 Å². The van der Waals surface area contributed by atoms with Gasteiger partial charge in [0, 0.05) is 8.04 Å². The summed E-state index contributed by atoms with van der Waals surface area (Å²) in [5, 5.41) is 4.28. The minimum Gasteiger partial charge on any atom is -0.152 e. The van der Waals surface area contributed by atoms with E-state index in [4.69, 9.17) is 11.6 Å². The van der Waals surface area contributed by atoms with Crippen LogP contribution in [0.1, 0.15) is 16.5 Å². The largest absolute Gasteiger partial charge is 0.152 e. The van der Waals surface area contributed by atoms with Crippen LogP contribution in [0.2, 0.25) is 0 Å². The van der Waals surface area contributed by atoms with Crippen LogP contribution in [0.5, 0.6) is 0 Å². The van der Waals surface area contributed by atoms with Gasteiger partial charge in [0.15, 0.2) is 0 Å². The SMILES string of the molecule is ClC(Cc1ccsc1)c1cc(Br)ccc1I. The van der Waals surface area contributed by atoms with Crippen LogP contribution in [0.15, 0.2) is 39.5 Å². The quantitative estimate of drug-likeness (QED) is 0.439. The maximum absolute atomic E-state index is 6.45. The smallest absolute Gasteiger partial charge is 0.0636 e. The first kappa shape index (κ1) is 12.9. The fourth-order valence-electron chi connectivity index (χ4n) is 1.48. The molecule has 1 aromatic heterocycles. The Hall–Kier alpha value is 0.420. The topological polar surface area (TPSA) is 0 Å². The lowest BCUT2D eigenvalue weighted by molar-refractivity contribution is 0.917. The predicted octanol–water partition coefficient (Wildman–Crippen LogP) is 5.64. The third-order valence-electron chi connectivity index (χ3n) is 2.29. The highest BCUT2D eigenvalue weighted by molar-refractivity contribution is 14.1. The molecular formula is C12H9BrClIS. The van der Waals surface area contributed by atoms with Gasteiger partial charge in [-0.2, -0.15) is 11.3 Å². The van der Waals surface area contributed by atoms with Crippen molar-refractivity contribution in [2.24, 2.45) is 0 Å². The molecule has 0 fully saturated rings. The molecule has 1 heterocycles. The van der Waals surface area contributed by atoms with E-state index in [2.05, 4.69) is 67.5 Å². The number of rotatable bonds is 3. The number of hydrogen-bond donors (Lipinski definition) is 0. The van der Waals surface area contributed by atoms with E-state index >= 15 is 0 Å². The zero-order chi connectivity index (χ0) is 11.5. The molecule has 0 nitrogen and oxygen atoms in total. The summed E-state index contributed by atoms with van der Waals surface area (Å²) in [4.78, 5) is 0. The Bertz CT molecular complexity index is 470. The van der Waals surface area contributed by atoms with E-state index in [0.717, 1.165) is 10.9 Å². The van der Waals surface area contributed by atoms with Crippen molar-refractivity contribution in [3.8, 4) is 0 Å². The number of halogens is 3. The Kier molecular flexibility index (Phi) is 4.70. The molecule has 1 atom stereocenters. The normalized spacial score (nSPS) is 12.7. The van der Waals surface area contributed by atoms with E-state index in [1.807, 2.05) is 6.07 Å². The van der Waals surface area contributed by atoms with Gasteiger partial charge in [-0.1, -0.05) is 15.9 Å². The maximum atomic E-state index is 6.45. The predicted molar refractivity (Wildman–Crippen MR) is 83.5 cm³/mol. The summed E-state index contributed by atoms with van der Waals surface area (Å²) in [6.45, 7) is 0. The fraction of sp³-hybridized carbons (Fsp3) is 0.167. The van der Waals surface area contributed by atoms with Gasteiger partial charge in [-0.3, -0.25) is 0 Å².